The van der Waals surface area contributed by atoms with E-state index in [0.717, 1.165) is 0 Å². The molecule has 0 aromatic heterocycles. The van der Waals surface area contributed by atoms with Gasteiger partial charge in [0.15, 0.2) is 0 Å². The summed E-state index contributed by atoms with van der Waals surface area (Å²) < 4.78 is 47.3. The Morgan fingerprint density at radius 1 is 1.50 bits per heavy atom. The van der Waals surface area contributed by atoms with E-state index < -0.39 is 18.7 Å². The maximum atomic E-state index is 11.5. The van der Waals surface area contributed by atoms with Gasteiger partial charge in [-0.25, -0.2) is 9.53 Å². The molecule has 60 valence electrons. The van der Waals surface area contributed by atoms with Crippen molar-refractivity contribution in [3.05, 3.63) is 0 Å². The van der Waals surface area contributed by atoms with Crippen LogP contribution in [0, 0.1) is 0 Å². The highest BCUT2D eigenvalue weighted by molar-refractivity contribution is 5.73. The van der Waals surface area contributed by atoms with E-state index in [4.69, 9.17) is 5.11 Å². The molecule has 0 rings (SSSR count). The molecule has 0 aliphatic rings. The summed E-state index contributed by atoms with van der Waals surface area (Å²) in [5.74, 6) is -2.74. The normalized spacial score (nSPS) is 12.1. The summed E-state index contributed by atoms with van der Waals surface area (Å²) in [4.78, 5) is 9.35. The van der Waals surface area contributed by atoms with Crippen LogP contribution in [0.3, 0.4) is 0 Å². The first-order valence-electron chi connectivity index (χ1n) is 1.93. The molecule has 0 spiro atoms. The molecule has 7 heteroatoms. The molecule has 0 aliphatic carbocycles. The van der Waals surface area contributed by atoms with Gasteiger partial charge in [-0.3, -0.25) is 0 Å². The third-order valence-electron chi connectivity index (χ3n) is 0.486. The lowest BCUT2D eigenvalue weighted by atomic mass is 10.6. The first kappa shape index (κ1) is 9.15. The van der Waals surface area contributed by atoms with Crippen LogP contribution in [0.2, 0.25) is 0 Å². The monoisotopic (exact) mass is 162 g/mol. The average molecular weight is 162 g/mol. The van der Waals surface area contributed by atoms with E-state index in [1.165, 1.54) is 0 Å². The zero-order chi connectivity index (χ0) is 8.36. The van der Waals surface area contributed by atoms with Crippen LogP contribution >= 0.6 is 0 Å². The van der Waals surface area contributed by atoms with Gasteiger partial charge in [-0.15, -0.1) is 0 Å². The molecule has 0 unspecified atom stereocenters. The molecular formula is C3H2F4O3. The molecule has 0 amide bonds. The van der Waals surface area contributed by atoms with Gasteiger partial charge in [-0.1, -0.05) is 0 Å². The number of ether oxygens (including phenoxy) is 1. The van der Waals surface area contributed by atoms with Gasteiger partial charge in [0.25, 0.3) is 0 Å². The van der Waals surface area contributed by atoms with E-state index in [2.05, 4.69) is 4.74 Å². The zero-order valence-corrected chi connectivity index (χ0v) is 4.35. The van der Waals surface area contributed by atoms with E-state index in [9.17, 15) is 22.4 Å². The highest BCUT2D eigenvalue weighted by Gasteiger charge is 2.43. The number of hydrogen-bond acceptors (Lipinski definition) is 2. The fourth-order valence-corrected chi connectivity index (χ4v) is 0.162. The second kappa shape index (κ2) is 2.82. The van der Waals surface area contributed by atoms with Gasteiger partial charge in [-0.05, 0) is 0 Å². The molecule has 3 nitrogen and oxygen atoms in total. The maximum Gasteiger partial charge on any atom is 0.460 e. The van der Waals surface area contributed by atoms with Gasteiger partial charge in [0, 0.05) is 0 Å². The van der Waals surface area contributed by atoms with Gasteiger partial charge in [0.05, 0.1) is 0 Å². The minimum atomic E-state index is -4.81. The fraction of sp³-hybridized carbons (Fsp3) is 0.667. The van der Waals surface area contributed by atoms with Crippen molar-refractivity contribution < 1.29 is 32.2 Å². The largest absolute Gasteiger partial charge is 0.475 e. The molecule has 0 saturated heterocycles. The Bertz CT molecular complexity index is 134. The summed E-state index contributed by atoms with van der Waals surface area (Å²) in [6, 6.07) is 0. The SMILES string of the molecule is O=C(O)C(F)(F)OC(F)F. The van der Waals surface area contributed by atoms with Crippen LogP contribution in [0.4, 0.5) is 17.6 Å². The van der Waals surface area contributed by atoms with Gasteiger partial charge in [-0.2, -0.15) is 17.6 Å². The first-order valence-corrected chi connectivity index (χ1v) is 1.93. The Morgan fingerprint density at radius 3 is 2.00 bits per heavy atom. The highest BCUT2D eigenvalue weighted by atomic mass is 19.3. The lowest BCUT2D eigenvalue weighted by Gasteiger charge is -2.09. The van der Waals surface area contributed by atoms with E-state index >= 15 is 0 Å². The molecule has 0 atom stereocenters. The number of rotatable bonds is 3. The van der Waals surface area contributed by atoms with E-state index in [0.29, 0.717) is 0 Å². The molecule has 0 fully saturated rings. The molecule has 10 heavy (non-hydrogen) atoms. The topological polar surface area (TPSA) is 46.5 Å². The van der Waals surface area contributed by atoms with Crippen molar-refractivity contribution in [1.82, 2.24) is 0 Å². The smallest absolute Gasteiger partial charge is 0.460 e. The minimum absolute atomic E-state index is 2.43. The average Bonchev–Trinajstić information content (AvgIpc) is 1.60. The van der Waals surface area contributed by atoms with Crippen molar-refractivity contribution in [2.24, 2.45) is 0 Å². The molecule has 0 aliphatic heterocycles. The van der Waals surface area contributed by atoms with Crippen LogP contribution in [0.1, 0.15) is 0 Å². The summed E-state index contributed by atoms with van der Waals surface area (Å²) in [5, 5.41) is 7.48. The summed E-state index contributed by atoms with van der Waals surface area (Å²) in [7, 11) is 0. The van der Waals surface area contributed by atoms with Gasteiger partial charge in [0.1, 0.15) is 0 Å². The number of carboxylic acid groups (broad SMARTS) is 1. The van der Waals surface area contributed by atoms with Crippen LogP contribution in [-0.4, -0.2) is 23.8 Å². The third kappa shape index (κ3) is 2.62. The van der Waals surface area contributed by atoms with Crippen molar-refractivity contribution in [2.75, 3.05) is 0 Å². The molecule has 1 N–H and O–H groups in total. The van der Waals surface area contributed by atoms with Crippen molar-refractivity contribution in [2.45, 2.75) is 12.7 Å². The van der Waals surface area contributed by atoms with E-state index in [-0.39, 0.29) is 0 Å². The quantitative estimate of drug-likeness (QED) is 0.627. The summed E-state index contributed by atoms with van der Waals surface area (Å²) in [6.45, 7) is -3.80. The van der Waals surface area contributed by atoms with Gasteiger partial charge in [0.2, 0.25) is 0 Å². The molecule has 0 saturated carbocycles. The fourth-order valence-electron chi connectivity index (χ4n) is 0.162. The maximum absolute atomic E-state index is 11.5. The van der Waals surface area contributed by atoms with Gasteiger partial charge < -0.3 is 5.11 Å². The molecule has 0 radical (unpaired) electrons. The van der Waals surface area contributed by atoms with Crippen LogP contribution in [0.25, 0.3) is 0 Å². The van der Waals surface area contributed by atoms with Crippen molar-refractivity contribution >= 4 is 5.97 Å². The molecule has 0 aromatic carbocycles. The predicted octanol–water partition coefficient (Wildman–Crippen LogP) is 0.903. The lowest BCUT2D eigenvalue weighted by Crippen LogP contribution is -2.33. The predicted molar refractivity (Wildman–Crippen MR) is 19.7 cm³/mol. The number of carboxylic acids is 1. The molecular weight excluding hydrogens is 160 g/mol. The van der Waals surface area contributed by atoms with Crippen LogP contribution < -0.4 is 0 Å². The van der Waals surface area contributed by atoms with Gasteiger partial charge >= 0.3 is 18.7 Å². The number of hydrogen-bond donors (Lipinski definition) is 1. The highest BCUT2D eigenvalue weighted by Crippen LogP contribution is 2.18. The Kier molecular flexibility index (Phi) is 2.58. The standard InChI is InChI=1S/C3H2F4O3/c4-2(5)10-3(6,7)1(8)9/h2H,(H,8,9). The van der Waals surface area contributed by atoms with Crippen molar-refractivity contribution in [3.8, 4) is 0 Å². The second-order valence-electron chi connectivity index (χ2n) is 1.20. The van der Waals surface area contributed by atoms with E-state index in [1.807, 2.05) is 0 Å². The lowest BCUT2D eigenvalue weighted by molar-refractivity contribution is -0.309. The van der Waals surface area contributed by atoms with E-state index in [1.54, 1.807) is 0 Å². The molecule has 0 aromatic rings. The third-order valence-corrected chi connectivity index (χ3v) is 0.486. The number of halogens is 4. The molecule has 0 heterocycles. The summed E-state index contributed by atoms with van der Waals surface area (Å²) in [5.41, 5.74) is 0. The minimum Gasteiger partial charge on any atom is -0.475 e. The first-order chi connectivity index (χ1) is 4.36. The summed E-state index contributed by atoms with van der Waals surface area (Å²) in [6.07, 6.45) is -4.81. The van der Waals surface area contributed by atoms with Crippen LogP contribution in [0.15, 0.2) is 0 Å². The van der Waals surface area contributed by atoms with Crippen molar-refractivity contribution in [1.29, 1.82) is 0 Å². The Balaban J connectivity index is 4.00. The summed E-state index contributed by atoms with van der Waals surface area (Å²) >= 11 is 0. The zero-order valence-electron chi connectivity index (χ0n) is 4.35. The number of aliphatic carboxylic acids is 1. The number of carbonyl (C=O) groups is 1. The second-order valence-corrected chi connectivity index (χ2v) is 1.20. The Morgan fingerprint density at radius 2 is 1.90 bits per heavy atom. The Hall–Kier alpha value is -0.850. The molecule has 0 bridgehead atoms. The Labute approximate surface area is 52.2 Å². The van der Waals surface area contributed by atoms with Crippen LogP contribution in [0.5, 0.6) is 0 Å². The number of alkyl halides is 4. The van der Waals surface area contributed by atoms with Crippen LogP contribution in [-0.2, 0) is 9.53 Å². The van der Waals surface area contributed by atoms with Crippen molar-refractivity contribution in [3.63, 3.8) is 0 Å².